The number of benzene rings is 1. The summed E-state index contributed by atoms with van der Waals surface area (Å²) in [7, 11) is 0. The summed E-state index contributed by atoms with van der Waals surface area (Å²) in [5.41, 5.74) is 2.18. The van der Waals surface area contributed by atoms with Crippen molar-refractivity contribution in [2.45, 2.75) is 58.0 Å². The average molecular weight is 430 g/mol. The molecule has 1 aromatic carbocycles. The first kappa shape index (κ1) is 20.1. The Hall–Kier alpha value is -2.18. The average Bonchev–Trinajstić information content (AvgIpc) is 3.11. The Kier molecular flexibility index (Phi) is 6.01. The molecule has 152 valence electrons. The number of hydrogen-bond donors (Lipinski definition) is 1. The van der Waals surface area contributed by atoms with Crippen molar-refractivity contribution in [3.63, 3.8) is 0 Å². The largest absolute Gasteiger partial charge is 0.349 e. The number of carbonyl (C=O) groups excluding carboxylic acids is 1. The second kappa shape index (κ2) is 8.67. The molecule has 2 aromatic heterocycles. The number of aromatic nitrogens is 2. The molecule has 1 atom stereocenters. The first-order valence-corrected chi connectivity index (χ1v) is 11.3. The second-order valence-corrected chi connectivity index (χ2v) is 8.98. The van der Waals surface area contributed by atoms with Crippen molar-refractivity contribution < 1.29 is 4.79 Å². The van der Waals surface area contributed by atoms with E-state index in [1.165, 1.54) is 16.9 Å². The second-order valence-electron chi connectivity index (χ2n) is 7.46. The summed E-state index contributed by atoms with van der Waals surface area (Å²) in [5.74, 6) is -0.0776. The lowest BCUT2D eigenvalue weighted by Crippen LogP contribution is -2.30. The first-order valence-electron chi connectivity index (χ1n) is 10.1. The van der Waals surface area contributed by atoms with Crippen LogP contribution in [0.25, 0.3) is 10.2 Å². The smallest absolute Gasteiger partial charge is 0.262 e. The maximum absolute atomic E-state index is 13.0. The molecule has 0 spiro atoms. The van der Waals surface area contributed by atoms with E-state index in [0.29, 0.717) is 11.6 Å². The van der Waals surface area contributed by atoms with Crippen LogP contribution in [0.15, 0.2) is 35.4 Å². The van der Waals surface area contributed by atoms with Gasteiger partial charge in [0.1, 0.15) is 4.83 Å². The quantitative estimate of drug-likeness (QED) is 0.620. The number of rotatable bonds is 6. The van der Waals surface area contributed by atoms with Gasteiger partial charge in [-0.05, 0) is 55.4 Å². The molecule has 0 fully saturated rings. The topological polar surface area (TPSA) is 64.0 Å². The monoisotopic (exact) mass is 429 g/mol. The summed E-state index contributed by atoms with van der Waals surface area (Å²) in [5, 5.41) is 4.50. The van der Waals surface area contributed by atoms with Crippen molar-refractivity contribution >= 4 is 39.1 Å². The minimum Gasteiger partial charge on any atom is -0.349 e. The van der Waals surface area contributed by atoms with Gasteiger partial charge in [-0.1, -0.05) is 30.7 Å². The minimum absolute atomic E-state index is 0.0213. The molecule has 5 nitrogen and oxygen atoms in total. The van der Waals surface area contributed by atoms with Gasteiger partial charge in [-0.2, -0.15) is 0 Å². The van der Waals surface area contributed by atoms with E-state index in [1.54, 1.807) is 22.2 Å². The molecule has 0 saturated heterocycles. The highest BCUT2D eigenvalue weighted by Crippen LogP contribution is 2.33. The van der Waals surface area contributed by atoms with E-state index in [9.17, 15) is 9.59 Å². The molecule has 0 unspecified atom stereocenters. The number of fused-ring (bicyclic) bond motifs is 3. The van der Waals surface area contributed by atoms with Crippen LogP contribution < -0.4 is 10.9 Å². The standard InChI is InChI=1S/C22H24ClN3O2S/c1-2-17(14-7-9-15(23)10-8-14)25-19(27)11-12-26-13-24-21-20(22(26)28)16-5-3-4-6-18(16)29-21/h7-10,13,17H,2-6,11-12H2,1H3,(H,25,27)/t17-/m1/s1. The van der Waals surface area contributed by atoms with Crippen LogP contribution in [0.1, 0.15) is 54.7 Å². The van der Waals surface area contributed by atoms with Crippen LogP contribution in [0.3, 0.4) is 0 Å². The molecule has 7 heteroatoms. The van der Waals surface area contributed by atoms with Crippen molar-refractivity contribution in [1.82, 2.24) is 14.9 Å². The molecule has 1 N–H and O–H groups in total. The van der Waals surface area contributed by atoms with Gasteiger partial charge in [-0.15, -0.1) is 11.3 Å². The van der Waals surface area contributed by atoms with Gasteiger partial charge in [0.25, 0.3) is 5.56 Å². The predicted octanol–water partition coefficient (Wildman–Crippen LogP) is 4.65. The molecule has 1 amide bonds. The number of carbonyl (C=O) groups is 1. The van der Waals surface area contributed by atoms with Gasteiger partial charge in [-0.3, -0.25) is 14.2 Å². The number of halogens is 1. The number of thiophene rings is 1. The van der Waals surface area contributed by atoms with Gasteiger partial charge < -0.3 is 5.32 Å². The van der Waals surface area contributed by atoms with E-state index in [1.807, 2.05) is 31.2 Å². The molecule has 1 aliphatic rings. The molecule has 0 saturated carbocycles. The molecule has 3 aromatic rings. The van der Waals surface area contributed by atoms with E-state index in [0.717, 1.165) is 41.5 Å². The van der Waals surface area contributed by atoms with E-state index < -0.39 is 0 Å². The maximum Gasteiger partial charge on any atom is 0.262 e. The maximum atomic E-state index is 13.0. The summed E-state index contributed by atoms with van der Waals surface area (Å²) < 4.78 is 1.58. The van der Waals surface area contributed by atoms with Gasteiger partial charge in [0.2, 0.25) is 5.91 Å². The summed E-state index contributed by atoms with van der Waals surface area (Å²) in [6.45, 7) is 2.36. The Bertz CT molecular complexity index is 1090. The Morgan fingerprint density at radius 3 is 2.79 bits per heavy atom. The molecule has 0 radical (unpaired) electrons. The Labute approximate surface area is 178 Å². The molecular formula is C22H24ClN3O2S. The number of hydrogen-bond acceptors (Lipinski definition) is 4. The van der Waals surface area contributed by atoms with Crippen molar-refractivity contribution in [2.75, 3.05) is 0 Å². The Balaban J connectivity index is 1.46. The van der Waals surface area contributed by atoms with Crippen LogP contribution in [0, 0.1) is 0 Å². The lowest BCUT2D eigenvalue weighted by atomic mass is 9.97. The van der Waals surface area contributed by atoms with E-state index in [4.69, 9.17) is 11.6 Å². The highest BCUT2D eigenvalue weighted by molar-refractivity contribution is 7.18. The van der Waals surface area contributed by atoms with E-state index in [2.05, 4.69) is 10.3 Å². The lowest BCUT2D eigenvalue weighted by molar-refractivity contribution is -0.122. The van der Waals surface area contributed by atoms with Gasteiger partial charge in [-0.25, -0.2) is 4.98 Å². The van der Waals surface area contributed by atoms with Crippen LogP contribution in [0.5, 0.6) is 0 Å². The van der Waals surface area contributed by atoms with Gasteiger partial charge >= 0.3 is 0 Å². The van der Waals surface area contributed by atoms with Crippen LogP contribution in [-0.2, 0) is 24.2 Å². The van der Waals surface area contributed by atoms with Gasteiger partial charge in [0.05, 0.1) is 17.8 Å². The fraction of sp³-hybridized carbons (Fsp3) is 0.409. The SMILES string of the molecule is CC[C@@H](NC(=O)CCn1cnc2sc3c(c2c1=O)CCCC3)c1ccc(Cl)cc1. The summed E-state index contributed by atoms with van der Waals surface area (Å²) >= 11 is 7.59. The molecule has 29 heavy (non-hydrogen) atoms. The fourth-order valence-corrected chi connectivity index (χ4v) is 5.29. The highest BCUT2D eigenvalue weighted by Gasteiger charge is 2.20. The predicted molar refractivity (Wildman–Crippen MR) is 118 cm³/mol. The van der Waals surface area contributed by atoms with E-state index in [-0.39, 0.29) is 23.9 Å². The number of nitrogens with one attached hydrogen (secondary N) is 1. The van der Waals surface area contributed by atoms with Crippen LogP contribution in [0.2, 0.25) is 5.02 Å². The fourth-order valence-electron chi connectivity index (χ4n) is 3.95. The molecule has 2 heterocycles. The summed E-state index contributed by atoms with van der Waals surface area (Å²) in [6, 6.07) is 7.44. The van der Waals surface area contributed by atoms with Crippen molar-refractivity contribution in [2.24, 2.45) is 0 Å². The molecule has 4 rings (SSSR count). The summed E-state index contributed by atoms with van der Waals surface area (Å²) in [6.07, 6.45) is 6.90. The number of amides is 1. The van der Waals surface area contributed by atoms with Gasteiger partial charge in [0, 0.05) is 22.9 Å². The van der Waals surface area contributed by atoms with Crippen LogP contribution in [0.4, 0.5) is 0 Å². The minimum atomic E-state index is -0.0776. The third-order valence-corrected chi connectivity index (χ3v) is 6.99. The number of nitrogens with zero attached hydrogens (tertiary/aromatic N) is 2. The molecular weight excluding hydrogens is 406 g/mol. The first-order chi connectivity index (χ1) is 14.1. The summed E-state index contributed by atoms with van der Waals surface area (Å²) in [4.78, 5) is 32.1. The van der Waals surface area contributed by atoms with Crippen molar-refractivity contribution in [1.29, 1.82) is 0 Å². The molecule has 0 bridgehead atoms. The Morgan fingerprint density at radius 1 is 1.28 bits per heavy atom. The third-order valence-electron chi connectivity index (χ3n) is 5.54. The van der Waals surface area contributed by atoms with Crippen LogP contribution >= 0.6 is 22.9 Å². The zero-order valence-corrected chi connectivity index (χ0v) is 18.0. The van der Waals surface area contributed by atoms with Crippen molar-refractivity contribution in [3.05, 3.63) is 62.0 Å². The molecule has 1 aliphatic carbocycles. The zero-order chi connectivity index (χ0) is 20.4. The lowest BCUT2D eigenvalue weighted by Gasteiger charge is -2.18. The van der Waals surface area contributed by atoms with Crippen molar-refractivity contribution in [3.8, 4) is 0 Å². The van der Waals surface area contributed by atoms with Crippen LogP contribution in [-0.4, -0.2) is 15.5 Å². The normalized spacial score (nSPS) is 14.6. The Morgan fingerprint density at radius 2 is 2.03 bits per heavy atom. The van der Waals surface area contributed by atoms with E-state index >= 15 is 0 Å². The van der Waals surface area contributed by atoms with Gasteiger partial charge in [0.15, 0.2) is 0 Å². The third kappa shape index (κ3) is 4.23. The molecule has 0 aliphatic heterocycles. The highest BCUT2D eigenvalue weighted by atomic mass is 35.5. The number of aryl methyl sites for hydroxylation is 3. The zero-order valence-electron chi connectivity index (χ0n) is 16.4.